The smallest absolute Gasteiger partial charge is 0.236 e. The third-order valence-corrected chi connectivity index (χ3v) is 4.20. The highest BCUT2D eigenvalue weighted by molar-refractivity contribution is 5.77. The molecule has 0 aliphatic carbocycles. The molecule has 3 rings (SSSR count). The first-order valence-electron chi connectivity index (χ1n) is 8.67. The van der Waals surface area contributed by atoms with Crippen LogP contribution in [0.4, 0.5) is 0 Å². The Morgan fingerprint density at radius 3 is 2.27 bits per heavy atom. The van der Waals surface area contributed by atoms with Gasteiger partial charge in [-0.15, -0.1) is 0 Å². The number of amides is 1. The highest BCUT2D eigenvalue weighted by atomic mass is 16.2. The third-order valence-electron chi connectivity index (χ3n) is 4.20. The third kappa shape index (κ3) is 4.80. The summed E-state index contributed by atoms with van der Waals surface area (Å²) in [4.78, 5) is 16.3. The Bertz CT molecular complexity index is 829. The summed E-state index contributed by atoms with van der Waals surface area (Å²) < 4.78 is 1.83. The number of nitrogens with zero attached hydrogens (tertiary/aromatic N) is 4. The van der Waals surface area contributed by atoms with E-state index in [1.54, 1.807) is 4.90 Å². The average Bonchev–Trinajstić information content (AvgIpc) is 3.11. The lowest BCUT2D eigenvalue weighted by molar-refractivity contribution is -0.131. The summed E-state index contributed by atoms with van der Waals surface area (Å²) in [5, 5.41) is 4.38. The van der Waals surface area contributed by atoms with Gasteiger partial charge in [-0.2, -0.15) is 5.10 Å². The van der Waals surface area contributed by atoms with Gasteiger partial charge < -0.3 is 4.90 Å². The minimum atomic E-state index is 0.0934. The molecule has 1 heterocycles. The lowest BCUT2D eigenvalue weighted by Crippen LogP contribution is -2.35. The topological polar surface area (TPSA) is 41.4 Å². The van der Waals surface area contributed by atoms with Crippen molar-refractivity contribution in [3.05, 3.63) is 84.2 Å². The maximum atomic E-state index is 12.5. The van der Waals surface area contributed by atoms with Crippen LogP contribution in [0.2, 0.25) is 0 Å². The summed E-state index contributed by atoms with van der Waals surface area (Å²) >= 11 is 0. The number of hydrogen-bond donors (Lipinski definition) is 0. The maximum Gasteiger partial charge on any atom is 0.236 e. The van der Waals surface area contributed by atoms with Crippen molar-refractivity contribution in [3.63, 3.8) is 0 Å². The molecular formula is C21H24N4O. The van der Waals surface area contributed by atoms with Gasteiger partial charge in [-0.25, -0.2) is 4.68 Å². The van der Waals surface area contributed by atoms with E-state index in [0.717, 1.165) is 17.8 Å². The molecule has 0 bridgehead atoms. The van der Waals surface area contributed by atoms with Crippen LogP contribution in [-0.2, 0) is 17.9 Å². The van der Waals surface area contributed by atoms with E-state index in [1.807, 2.05) is 84.6 Å². The molecule has 2 aromatic carbocycles. The van der Waals surface area contributed by atoms with Crippen LogP contribution in [-0.4, -0.2) is 46.1 Å². The van der Waals surface area contributed by atoms with Gasteiger partial charge in [-0.3, -0.25) is 9.69 Å². The van der Waals surface area contributed by atoms with Crippen molar-refractivity contribution in [1.29, 1.82) is 0 Å². The van der Waals surface area contributed by atoms with E-state index in [0.29, 0.717) is 13.1 Å². The molecule has 0 unspecified atom stereocenters. The molecule has 26 heavy (non-hydrogen) atoms. The lowest BCUT2D eigenvalue weighted by atomic mass is 10.2. The molecular weight excluding hydrogens is 324 g/mol. The van der Waals surface area contributed by atoms with Gasteiger partial charge in [-0.05, 0) is 24.7 Å². The number of carbonyl (C=O) groups is 1. The van der Waals surface area contributed by atoms with Gasteiger partial charge in [0.05, 0.1) is 18.4 Å². The fourth-order valence-electron chi connectivity index (χ4n) is 2.83. The van der Waals surface area contributed by atoms with Crippen LogP contribution >= 0.6 is 0 Å². The Hall–Kier alpha value is -2.92. The zero-order valence-corrected chi connectivity index (χ0v) is 15.2. The summed E-state index contributed by atoms with van der Waals surface area (Å²) in [6, 6.07) is 20.1. The molecule has 1 aromatic heterocycles. The van der Waals surface area contributed by atoms with E-state index in [2.05, 4.69) is 17.2 Å². The second-order valence-corrected chi connectivity index (χ2v) is 6.54. The molecule has 0 fully saturated rings. The number of aromatic nitrogens is 2. The first kappa shape index (κ1) is 17.9. The van der Waals surface area contributed by atoms with Crippen molar-refractivity contribution in [3.8, 4) is 5.69 Å². The molecule has 0 spiro atoms. The van der Waals surface area contributed by atoms with Gasteiger partial charge in [-0.1, -0.05) is 48.5 Å². The molecule has 5 nitrogen and oxygen atoms in total. The Balaban J connectivity index is 1.53. The molecule has 0 aliphatic rings. The van der Waals surface area contributed by atoms with E-state index < -0.39 is 0 Å². The minimum absolute atomic E-state index is 0.0934. The largest absolute Gasteiger partial charge is 0.340 e. The molecule has 0 N–H and O–H groups in total. The zero-order valence-electron chi connectivity index (χ0n) is 15.2. The number of para-hydroxylation sites is 1. The van der Waals surface area contributed by atoms with E-state index in [-0.39, 0.29) is 5.91 Å². The van der Waals surface area contributed by atoms with Crippen molar-refractivity contribution in [2.24, 2.45) is 0 Å². The predicted molar refractivity (Wildman–Crippen MR) is 103 cm³/mol. The summed E-state index contributed by atoms with van der Waals surface area (Å²) in [6.07, 6.45) is 3.78. The molecule has 0 radical (unpaired) electrons. The molecule has 0 aliphatic heterocycles. The Morgan fingerprint density at radius 1 is 0.923 bits per heavy atom. The quantitative estimate of drug-likeness (QED) is 0.659. The fraction of sp³-hybridized carbons (Fsp3) is 0.238. The van der Waals surface area contributed by atoms with E-state index in [9.17, 15) is 4.79 Å². The Kier molecular flexibility index (Phi) is 5.81. The van der Waals surface area contributed by atoms with Crippen LogP contribution in [0.5, 0.6) is 0 Å². The van der Waals surface area contributed by atoms with Crippen LogP contribution < -0.4 is 0 Å². The van der Waals surface area contributed by atoms with Crippen molar-refractivity contribution in [2.45, 2.75) is 13.1 Å². The number of benzene rings is 2. The molecule has 134 valence electrons. The van der Waals surface area contributed by atoms with Crippen LogP contribution in [0.15, 0.2) is 73.1 Å². The normalized spacial score (nSPS) is 10.9. The van der Waals surface area contributed by atoms with Crippen LogP contribution in [0, 0.1) is 0 Å². The fourth-order valence-corrected chi connectivity index (χ4v) is 2.83. The first-order valence-corrected chi connectivity index (χ1v) is 8.67. The van der Waals surface area contributed by atoms with Gasteiger partial charge in [0.1, 0.15) is 0 Å². The lowest BCUT2D eigenvalue weighted by Gasteiger charge is -2.21. The zero-order chi connectivity index (χ0) is 18.4. The second kappa shape index (κ2) is 8.45. The molecule has 0 saturated carbocycles. The van der Waals surface area contributed by atoms with E-state index in [1.165, 1.54) is 5.56 Å². The van der Waals surface area contributed by atoms with E-state index >= 15 is 0 Å². The van der Waals surface area contributed by atoms with Gasteiger partial charge in [0.15, 0.2) is 0 Å². The van der Waals surface area contributed by atoms with Gasteiger partial charge in [0.2, 0.25) is 5.91 Å². The summed E-state index contributed by atoms with van der Waals surface area (Å²) in [6.45, 7) is 1.69. The monoisotopic (exact) mass is 348 g/mol. The van der Waals surface area contributed by atoms with Crippen molar-refractivity contribution in [1.82, 2.24) is 19.6 Å². The average molecular weight is 348 g/mol. The highest BCUT2D eigenvalue weighted by Gasteiger charge is 2.13. The summed E-state index contributed by atoms with van der Waals surface area (Å²) in [5.41, 5.74) is 3.22. The second-order valence-electron chi connectivity index (χ2n) is 6.54. The Labute approximate surface area is 154 Å². The minimum Gasteiger partial charge on any atom is -0.340 e. The Morgan fingerprint density at radius 2 is 1.58 bits per heavy atom. The van der Waals surface area contributed by atoms with Crippen LogP contribution in [0.25, 0.3) is 5.69 Å². The number of hydrogen-bond acceptors (Lipinski definition) is 3. The van der Waals surface area contributed by atoms with Gasteiger partial charge in [0, 0.05) is 31.9 Å². The van der Waals surface area contributed by atoms with Crippen molar-refractivity contribution < 1.29 is 4.79 Å². The molecule has 0 saturated heterocycles. The van der Waals surface area contributed by atoms with Gasteiger partial charge in [0.25, 0.3) is 0 Å². The van der Waals surface area contributed by atoms with E-state index in [4.69, 9.17) is 0 Å². The molecule has 3 aromatic rings. The summed E-state index contributed by atoms with van der Waals surface area (Å²) in [7, 11) is 3.80. The SMILES string of the molecule is CN(CC(=O)N(C)Cc1cnn(-c2ccccc2)c1)Cc1ccccc1. The van der Waals surface area contributed by atoms with Crippen molar-refractivity contribution >= 4 is 5.91 Å². The predicted octanol–water partition coefficient (Wildman–Crippen LogP) is 2.96. The van der Waals surface area contributed by atoms with Gasteiger partial charge >= 0.3 is 0 Å². The molecule has 0 atom stereocenters. The number of likely N-dealkylation sites (N-methyl/N-ethyl adjacent to an activating group) is 2. The van der Waals surface area contributed by atoms with Crippen LogP contribution in [0.3, 0.4) is 0 Å². The van der Waals surface area contributed by atoms with Crippen LogP contribution in [0.1, 0.15) is 11.1 Å². The molecule has 5 heteroatoms. The highest BCUT2D eigenvalue weighted by Crippen LogP contribution is 2.10. The number of rotatable bonds is 7. The molecule has 1 amide bonds. The number of carbonyl (C=O) groups excluding carboxylic acids is 1. The standard InChI is InChI=1S/C21H24N4O/c1-23(14-18-9-5-3-6-10-18)17-21(26)24(2)15-19-13-22-25(16-19)20-11-7-4-8-12-20/h3-13,16H,14-15,17H2,1-2H3. The first-order chi connectivity index (χ1) is 12.6. The maximum absolute atomic E-state index is 12.5. The summed E-state index contributed by atoms with van der Waals surface area (Å²) in [5.74, 6) is 0.0934. The van der Waals surface area contributed by atoms with Crippen molar-refractivity contribution in [2.75, 3.05) is 20.6 Å².